The minimum absolute atomic E-state index is 0.464. The minimum atomic E-state index is -0.511. The summed E-state index contributed by atoms with van der Waals surface area (Å²) in [5.74, 6) is 0. The van der Waals surface area contributed by atoms with Crippen LogP contribution in [0.4, 0.5) is 0 Å². The molecule has 0 spiro atoms. The van der Waals surface area contributed by atoms with Gasteiger partial charge in [-0.1, -0.05) is 18.9 Å². The molecule has 0 amide bonds. The first kappa shape index (κ1) is 15.6. The number of hydrogen-bond acceptors (Lipinski definition) is 3. The zero-order valence-electron chi connectivity index (χ0n) is 10.7. The molecule has 0 fully saturated rings. The largest absolute Gasteiger partial charge is 0.388 e. The van der Waals surface area contributed by atoms with E-state index in [9.17, 15) is 5.11 Å². The van der Waals surface area contributed by atoms with Crippen molar-refractivity contribution in [2.45, 2.75) is 58.3 Å². The molecule has 0 saturated heterocycles. The van der Waals surface area contributed by atoms with Gasteiger partial charge in [0.15, 0.2) is 6.29 Å². The Balaban J connectivity index is 3.64. The zero-order valence-corrected chi connectivity index (χ0v) is 10.7. The van der Waals surface area contributed by atoms with Gasteiger partial charge in [0, 0.05) is 13.2 Å². The van der Waals surface area contributed by atoms with E-state index in [-0.39, 0.29) is 0 Å². The summed E-state index contributed by atoms with van der Waals surface area (Å²) < 4.78 is 10.7. The number of allylic oxidation sites excluding steroid dienone is 1. The number of ether oxygens (including phenoxy) is 2. The van der Waals surface area contributed by atoms with E-state index >= 15 is 0 Å². The highest BCUT2D eigenvalue weighted by molar-refractivity contribution is 4.66. The van der Waals surface area contributed by atoms with Crippen molar-refractivity contribution < 1.29 is 14.6 Å². The minimum Gasteiger partial charge on any atom is -0.388 e. The number of hydrogen-bond donors (Lipinski definition) is 1. The van der Waals surface area contributed by atoms with Gasteiger partial charge in [-0.05, 0) is 33.1 Å². The Bertz CT molecular complexity index is 153. The number of aliphatic hydroxyl groups is 1. The molecule has 0 aromatic carbocycles. The molecular weight excluding hydrogens is 204 g/mol. The average molecular weight is 230 g/mol. The lowest BCUT2D eigenvalue weighted by molar-refractivity contribution is -0.190. The lowest BCUT2D eigenvalue weighted by Crippen LogP contribution is -2.31. The van der Waals surface area contributed by atoms with Crippen molar-refractivity contribution in [3.63, 3.8) is 0 Å². The molecule has 1 unspecified atom stereocenters. The number of aliphatic hydroxyl groups excluding tert-OH is 1. The molecule has 96 valence electrons. The van der Waals surface area contributed by atoms with Gasteiger partial charge in [-0.15, -0.1) is 6.58 Å². The highest BCUT2D eigenvalue weighted by atomic mass is 16.7. The fourth-order valence-electron chi connectivity index (χ4n) is 1.55. The maximum absolute atomic E-state index is 9.86. The van der Waals surface area contributed by atoms with Crippen LogP contribution in [0.5, 0.6) is 0 Å². The molecule has 0 aromatic rings. The van der Waals surface area contributed by atoms with Gasteiger partial charge in [0.2, 0.25) is 0 Å². The summed E-state index contributed by atoms with van der Waals surface area (Å²) in [6.07, 6.45) is 6.01. The van der Waals surface area contributed by atoms with Gasteiger partial charge >= 0.3 is 0 Å². The van der Waals surface area contributed by atoms with Crippen LogP contribution in [0, 0.1) is 0 Å². The van der Waals surface area contributed by atoms with Gasteiger partial charge < -0.3 is 14.6 Å². The highest BCUT2D eigenvalue weighted by Gasteiger charge is 2.18. The van der Waals surface area contributed by atoms with E-state index in [2.05, 4.69) is 6.58 Å². The molecule has 1 atom stereocenters. The summed E-state index contributed by atoms with van der Waals surface area (Å²) in [7, 11) is 0. The standard InChI is InChI=1S/C13H26O3/c1-4-7-8-9-10-11-12(14)13(15-5-2)16-6-3/h4,12-14H,1,5-11H2,2-3H3. The van der Waals surface area contributed by atoms with E-state index in [4.69, 9.17) is 9.47 Å². The molecule has 3 heteroatoms. The van der Waals surface area contributed by atoms with Crippen molar-refractivity contribution in [3.8, 4) is 0 Å². The summed E-state index contributed by atoms with van der Waals surface area (Å²) in [4.78, 5) is 0. The van der Waals surface area contributed by atoms with Crippen molar-refractivity contribution in [2.75, 3.05) is 13.2 Å². The second-order valence-corrected chi connectivity index (χ2v) is 3.77. The topological polar surface area (TPSA) is 38.7 Å². The highest BCUT2D eigenvalue weighted by Crippen LogP contribution is 2.11. The van der Waals surface area contributed by atoms with Gasteiger partial charge in [0.25, 0.3) is 0 Å². The second kappa shape index (κ2) is 11.1. The molecule has 0 aromatic heterocycles. The summed E-state index contributed by atoms with van der Waals surface area (Å²) in [6, 6.07) is 0. The van der Waals surface area contributed by atoms with Crippen LogP contribution < -0.4 is 0 Å². The predicted octanol–water partition coefficient (Wildman–Crippen LogP) is 2.88. The molecule has 0 saturated carbocycles. The van der Waals surface area contributed by atoms with E-state index in [0.717, 1.165) is 32.1 Å². The lowest BCUT2D eigenvalue weighted by Gasteiger charge is -2.22. The third kappa shape index (κ3) is 7.85. The van der Waals surface area contributed by atoms with Crippen LogP contribution in [0.15, 0.2) is 12.7 Å². The smallest absolute Gasteiger partial charge is 0.183 e. The van der Waals surface area contributed by atoms with Crippen LogP contribution >= 0.6 is 0 Å². The first-order valence-corrected chi connectivity index (χ1v) is 6.28. The van der Waals surface area contributed by atoms with Crippen molar-refractivity contribution >= 4 is 0 Å². The molecule has 0 bridgehead atoms. The Labute approximate surface area is 99.5 Å². The molecule has 0 heterocycles. The van der Waals surface area contributed by atoms with Crippen molar-refractivity contribution in [2.24, 2.45) is 0 Å². The predicted molar refractivity (Wildman–Crippen MR) is 66.3 cm³/mol. The summed E-state index contributed by atoms with van der Waals surface area (Å²) in [5, 5.41) is 9.86. The van der Waals surface area contributed by atoms with E-state index in [1.54, 1.807) is 0 Å². The second-order valence-electron chi connectivity index (χ2n) is 3.77. The summed E-state index contributed by atoms with van der Waals surface area (Å²) >= 11 is 0. The van der Waals surface area contributed by atoms with Crippen LogP contribution in [-0.4, -0.2) is 30.7 Å². The van der Waals surface area contributed by atoms with Crippen LogP contribution in [0.1, 0.15) is 46.0 Å². The van der Waals surface area contributed by atoms with E-state index < -0.39 is 12.4 Å². The summed E-state index contributed by atoms with van der Waals surface area (Å²) in [6.45, 7) is 8.63. The van der Waals surface area contributed by atoms with E-state index in [1.165, 1.54) is 0 Å². The van der Waals surface area contributed by atoms with E-state index in [1.807, 2.05) is 19.9 Å². The van der Waals surface area contributed by atoms with Crippen LogP contribution in [-0.2, 0) is 9.47 Å². The number of unbranched alkanes of at least 4 members (excludes halogenated alkanes) is 3. The normalized spacial score (nSPS) is 13.0. The van der Waals surface area contributed by atoms with Crippen LogP contribution in [0.25, 0.3) is 0 Å². The monoisotopic (exact) mass is 230 g/mol. The molecule has 0 aliphatic heterocycles. The first-order chi connectivity index (χ1) is 7.76. The Morgan fingerprint density at radius 3 is 2.25 bits per heavy atom. The Hall–Kier alpha value is -0.380. The summed E-state index contributed by atoms with van der Waals surface area (Å²) in [5.41, 5.74) is 0. The van der Waals surface area contributed by atoms with Crippen LogP contribution in [0.3, 0.4) is 0 Å². The van der Waals surface area contributed by atoms with Gasteiger partial charge in [0.05, 0.1) is 0 Å². The SMILES string of the molecule is C=CCCCCCC(O)C(OCC)OCC. The Kier molecular flexibility index (Phi) is 10.9. The molecular formula is C13H26O3. The van der Waals surface area contributed by atoms with Crippen LogP contribution in [0.2, 0.25) is 0 Å². The Morgan fingerprint density at radius 2 is 1.75 bits per heavy atom. The van der Waals surface area contributed by atoms with Crippen molar-refractivity contribution in [1.29, 1.82) is 0 Å². The molecule has 0 rings (SSSR count). The maximum Gasteiger partial charge on any atom is 0.183 e. The first-order valence-electron chi connectivity index (χ1n) is 6.28. The van der Waals surface area contributed by atoms with Gasteiger partial charge in [-0.3, -0.25) is 0 Å². The third-order valence-electron chi connectivity index (χ3n) is 2.38. The molecule has 1 N–H and O–H groups in total. The Morgan fingerprint density at radius 1 is 1.12 bits per heavy atom. The van der Waals surface area contributed by atoms with Crippen molar-refractivity contribution in [1.82, 2.24) is 0 Å². The van der Waals surface area contributed by atoms with Gasteiger partial charge in [-0.2, -0.15) is 0 Å². The van der Waals surface area contributed by atoms with Crippen molar-refractivity contribution in [3.05, 3.63) is 12.7 Å². The maximum atomic E-state index is 9.86. The van der Waals surface area contributed by atoms with Gasteiger partial charge in [-0.25, -0.2) is 0 Å². The fraction of sp³-hybridized carbons (Fsp3) is 0.846. The molecule has 3 nitrogen and oxygen atoms in total. The molecule has 0 radical (unpaired) electrons. The number of rotatable bonds is 11. The van der Waals surface area contributed by atoms with E-state index in [0.29, 0.717) is 13.2 Å². The van der Waals surface area contributed by atoms with Gasteiger partial charge in [0.1, 0.15) is 6.10 Å². The lowest BCUT2D eigenvalue weighted by atomic mass is 10.1. The molecule has 0 aliphatic rings. The molecule has 0 aliphatic carbocycles. The third-order valence-corrected chi connectivity index (χ3v) is 2.38. The fourth-order valence-corrected chi connectivity index (χ4v) is 1.55. The average Bonchev–Trinajstić information content (AvgIpc) is 2.28. The molecule has 16 heavy (non-hydrogen) atoms. The zero-order chi connectivity index (χ0) is 12.2. The quantitative estimate of drug-likeness (QED) is 0.337.